The monoisotopic (exact) mass is 228 g/mol. The second-order valence-corrected chi connectivity index (χ2v) is 4.38. The maximum absolute atomic E-state index is 11.6. The molecule has 1 aliphatic carbocycles. The molecule has 2 aliphatic rings. The van der Waals surface area contributed by atoms with Gasteiger partial charge in [-0.25, -0.2) is 4.79 Å². The Hall–Kier alpha value is -0.940. The van der Waals surface area contributed by atoms with E-state index in [4.69, 9.17) is 9.47 Å². The van der Waals surface area contributed by atoms with Gasteiger partial charge < -0.3 is 14.4 Å². The maximum Gasteiger partial charge on any atom is 0.362 e. The second kappa shape index (κ2) is 5.41. The molecule has 5 heteroatoms. The third-order valence-electron chi connectivity index (χ3n) is 3.12. The normalized spacial score (nSPS) is 27.0. The van der Waals surface area contributed by atoms with Crippen LogP contribution in [0.15, 0.2) is 0 Å². The third kappa shape index (κ3) is 3.02. The SMILES string of the molecule is O=C(C[NH+]1CCOCC1)OC1CCCC1=O. The minimum Gasteiger partial charge on any atom is -0.450 e. The van der Waals surface area contributed by atoms with Crippen molar-refractivity contribution in [3.63, 3.8) is 0 Å². The number of carbonyl (C=O) groups excluding carboxylic acids is 2. The van der Waals surface area contributed by atoms with Crippen molar-refractivity contribution >= 4 is 11.8 Å². The van der Waals surface area contributed by atoms with E-state index in [1.54, 1.807) is 0 Å². The summed E-state index contributed by atoms with van der Waals surface area (Å²) in [5.41, 5.74) is 0. The predicted molar refractivity (Wildman–Crippen MR) is 55.1 cm³/mol. The summed E-state index contributed by atoms with van der Waals surface area (Å²) in [4.78, 5) is 24.1. The van der Waals surface area contributed by atoms with E-state index in [1.807, 2.05) is 0 Å². The van der Waals surface area contributed by atoms with Crippen LogP contribution >= 0.6 is 0 Å². The highest BCUT2D eigenvalue weighted by molar-refractivity contribution is 5.87. The van der Waals surface area contributed by atoms with Crippen LogP contribution in [0.5, 0.6) is 0 Å². The quantitative estimate of drug-likeness (QED) is 0.602. The van der Waals surface area contributed by atoms with Gasteiger partial charge >= 0.3 is 5.97 Å². The van der Waals surface area contributed by atoms with E-state index in [2.05, 4.69) is 0 Å². The van der Waals surface area contributed by atoms with Gasteiger partial charge in [0.05, 0.1) is 13.2 Å². The molecule has 1 saturated carbocycles. The number of esters is 1. The van der Waals surface area contributed by atoms with E-state index in [1.165, 1.54) is 4.90 Å². The molecule has 1 atom stereocenters. The van der Waals surface area contributed by atoms with E-state index >= 15 is 0 Å². The summed E-state index contributed by atoms with van der Waals surface area (Å²) in [7, 11) is 0. The molecule has 1 unspecified atom stereocenters. The van der Waals surface area contributed by atoms with Crippen LogP contribution in [0, 0.1) is 0 Å². The Morgan fingerprint density at radius 3 is 2.81 bits per heavy atom. The van der Waals surface area contributed by atoms with Crippen molar-refractivity contribution in [3.05, 3.63) is 0 Å². The van der Waals surface area contributed by atoms with Crippen LogP contribution in [0.2, 0.25) is 0 Å². The first-order chi connectivity index (χ1) is 7.75. The Balaban J connectivity index is 1.72. The van der Waals surface area contributed by atoms with Gasteiger partial charge in [0.25, 0.3) is 0 Å². The summed E-state index contributed by atoms with van der Waals surface area (Å²) in [6.07, 6.45) is 1.64. The van der Waals surface area contributed by atoms with E-state index in [-0.39, 0.29) is 11.8 Å². The lowest BCUT2D eigenvalue weighted by Gasteiger charge is -2.23. The van der Waals surface area contributed by atoms with Crippen molar-refractivity contribution < 1.29 is 24.0 Å². The Morgan fingerprint density at radius 1 is 1.44 bits per heavy atom. The van der Waals surface area contributed by atoms with Crippen LogP contribution in [-0.4, -0.2) is 50.7 Å². The zero-order valence-corrected chi connectivity index (χ0v) is 9.37. The van der Waals surface area contributed by atoms with Crippen molar-refractivity contribution in [3.8, 4) is 0 Å². The molecule has 0 aromatic carbocycles. The molecule has 0 aromatic rings. The van der Waals surface area contributed by atoms with E-state index < -0.39 is 6.10 Å². The van der Waals surface area contributed by atoms with Gasteiger partial charge in [-0.05, 0) is 12.8 Å². The smallest absolute Gasteiger partial charge is 0.362 e. The summed E-state index contributed by atoms with van der Waals surface area (Å²) in [5.74, 6) is -0.178. The van der Waals surface area contributed by atoms with Gasteiger partial charge in [-0.2, -0.15) is 0 Å². The zero-order valence-electron chi connectivity index (χ0n) is 9.37. The molecule has 1 aliphatic heterocycles. The Labute approximate surface area is 94.7 Å². The molecule has 0 aromatic heterocycles. The highest BCUT2D eigenvalue weighted by atomic mass is 16.5. The van der Waals surface area contributed by atoms with Gasteiger partial charge in [0.2, 0.25) is 0 Å². The van der Waals surface area contributed by atoms with E-state index in [9.17, 15) is 9.59 Å². The van der Waals surface area contributed by atoms with Crippen LogP contribution in [-0.2, 0) is 19.1 Å². The third-order valence-corrected chi connectivity index (χ3v) is 3.12. The van der Waals surface area contributed by atoms with Crippen molar-refractivity contribution in [2.75, 3.05) is 32.8 Å². The molecule has 5 nitrogen and oxygen atoms in total. The molecule has 2 fully saturated rings. The zero-order chi connectivity index (χ0) is 11.4. The van der Waals surface area contributed by atoms with Gasteiger partial charge in [-0.15, -0.1) is 0 Å². The number of quaternary nitrogens is 1. The Kier molecular flexibility index (Phi) is 3.90. The molecule has 0 bridgehead atoms. The first kappa shape index (κ1) is 11.5. The van der Waals surface area contributed by atoms with Crippen molar-refractivity contribution in [1.82, 2.24) is 0 Å². The number of ketones is 1. The molecule has 0 spiro atoms. The topological polar surface area (TPSA) is 57.0 Å². The average Bonchev–Trinajstić information content (AvgIpc) is 2.66. The number of hydrogen-bond acceptors (Lipinski definition) is 4. The van der Waals surface area contributed by atoms with Gasteiger partial charge in [-0.1, -0.05) is 0 Å². The molecule has 1 N–H and O–H groups in total. The summed E-state index contributed by atoms with van der Waals surface area (Å²) in [6.45, 7) is 3.44. The van der Waals surface area contributed by atoms with Crippen molar-refractivity contribution in [2.24, 2.45) is 0 Å². The molecular formula is C11H18NO4+. The highest BCUT2D eigenvalue weighted by Gasteiger charge is 2.29. The molecule has 0 amide bonds. The van der Waals surface area contributed by atoms with Gasteiger partial charge in [0.15, 0.2) is 18.4 Å². The average molecular weight is 228 g/mol. The minimum atomic E-state index is -0.465. The fraction of sp³-hybridized carbons (Fsp3) is 0.818. The fourth-order valence-corrected chi connectivity index (χ4v) is 2.15. The highest BCUT2D eigenvalue weighted by Crippen LogP contribution is 2.17. The number of hydrogen-bond donors (Lipinski definition) is 1. The molecular weight excluding hydrogens is 210 g/mol. The number of morpholine rings is 1. The van der Waals surface area contributed by atoms with Crippen LogP contribution < -0.4 is 4.90 Å². The number of rotatable bonds is 3. The summed E-state index contributed by atoms with van der Waals surface area (Å²) < 4.78 is 10.4. The number of Topliss-reactive ketones (excluding diaryl/α,β-unsaturated/α-hetero) is 1. The van der Waals surface area contributed by atoms with Gasteiger partial charge in [0, 0.05) is 6.42 Å². The summed E-state index contributed by atoms with van der Waals surface area (Å²) >= 11 is 0. The lowest BCUT2D eigenvalue weighted by molar-refractivity contribution is -0.900. The molecule has 16 heavy (non-hydrogen) atoms. The Bertz CT molecular complexity index is 273. The molecule has 0 radical (unpaired) electrons. The first-order valence-electron chi connectivity index (χ1n) is 5.89. The summed E-state index contributed by atoms with van der Waals surface area (Å²) in [6, 6.07) is 0. The number of nitrogens with one attached hydrogen (secondary N) is 1. The second-order valence-electron chi connectivity index (χ2n) is 4.38. The van der Waals surface area contributed by atoms with Crippen LogP contribution in [0.4, 0.5) is 0 Å². The van der Waals surface area contributed by atoms with E-state index in [0.717, 1.165) is 19.5 Å². The van der Waals surface area contributed by atoms with Crippen LogP contribution in [0.25, 0.3) is 0 Å². The predicted octanol–water partition coefficient (Wildman–Crippen LogP) is -1.43. The fourth-order valence-electron chi connectivity index (χ4n) is 2.15. The number of carbonyl (C=O) groups is 2. The molecule has 1 saturated heterocycles. The molecule has 2 rings (SSSR count). The molecule has 1 heterocycles. The lowest BCUT2D eigenvalue weighted by atomic mass is 10.3. The van der Waals surface area contributed by atoms with Crippen molar-refractivity contribution in [1.29, 1.82) is 0 Å². The number of ether oxygens (including phenoxy) is 2. The van der Waals surface area contributed by atoms with Crippen molar-refractivity contribution in [2.45, 2.75) is 25.4 Å². The largest absolute Gasteiger partial charge is 0.450 e. The van der Waals surface area contributed by atoms with Gasteiger partial charge in [0.1, 0.15) is 13.1 Å². The minimum absolute atomic E-state index is 0.0744. The molecule has 90 valence electrons. The maximum atomic E-state index is 11.6. The lowest BCUT2D eigenvalue weighted by Crippen LogP contribution is -3.15. The van der Waals surface area contributed by atoms with Gasteiger partial charge in [-0.3, -0.25) is 4.79 Å². The Morgan fingerprint density at radius 2 is 2.19 bits per heavy atom. The first-order valence-corrected chi connectivity index (χ1v) is 5.89. The van der Waals surface area contributed by atoms with Crippen LogP contribution in [0.1, 0.15) is 19.3 Å². The van der Waals surface area contributed by atoms with Crippen LogP contribution in [0.3, 0.4) is 0 Å². The van der Waals surface area contributed by atoms with E-state index in [0.29, 0.717) is 32.6 Å². The summed E-state index contributed by atoms with van der Waals surface area (Å²) in [5, 5.41) is 0. The standard InChI is InChI=1S/C11H17NO4/c13-9-2-1-3-10(9)16-11(14)8-12-4-6-15-7-5-12/h10H,1-8H2/p+1.